The number of nitrogens with zero attached hydrogens (tertiary/aromatic N) is 1. The third-order valence-electron chi connectivity index (χ3n) is 3.49. The molecule has 68 valence electrons. The van der Waals surface area contributed by atoms with E-state index in [9.17, 15) is 4.79 Å². The summed E-state index contributed by atoms with van der Waals surface area (Å²) in [6.07, 6.45) is 7.22. The molecule has 2 unspecified atom stereocenters. The lowest BCUT2D eigenvalue weighted by atomic mass is 9.78. The summed E-state index contributed by atoms with van der Waals surface area (Å²) in [4.78, 5) is 13.4. The van der Waals surface area contributed by atoms with Gasteiger partial charge < -0.3 is 4.90 Å². The topological polar surface area (TPSA) is 20.3 Å². The predicted octanol–water partition coefficient (Wildman–Crippen LogP) is 1.80. The van der Waals surface area contributed by atoms with Gasteiger partial charge in [-0.3, -0.25) is 4.79 Å². The molecule has 1 aliphatic heterocycles. The smallest absolute Gasteiger partial charge is 0.222 e. The molecule has 2 nitrogen and oxygen atoms in total. The molecule has 0 aromatic rings. The molecule has 2 atom stereocenters. The lowest BCUT2D eigenvalue weighted by molar-refractivity contribution is -0.137. The highest BCUT2D eigenvalue weighted by Gasteiger charge is 2.34. The van der Waals surface area contributed by atoms with Gasteiger partial charge in [-0.15, -0.1) is 0 Å². The number of rotatable bonds is 0. The average Bonchev–Trinajstić information content (AvgIpc) is 2.12. The van der Waals surface area contributed by atoms with E-state index in [0.29, 0.717) is 11.9 Å². The quantitative estimate of drug-likeness (QED) is 0.538. The molecule has 1 aliphatic carbocycles. The van der Waals surface area contributed by atoms with Crippen molar-refractivity contribution in [2.24, 2.45) is 5.92 Å². The summed E-state index contributed by atoms with van der Waals surface area (Å²) in [6.45, 7) is 0. The minimum atomic E-state index is 0.359. The number of carbonyl (C=O) groups excluding carboxylic acids is 1. The Hall–Kier alpha value is -0.530. The molecule has 2 fully saturated rings. The van der Waals surface area contributed by atoms with Crippen molar-refractivity contribution in [1.82, 2.24) is 4.90 Å². The van der Waals surface area contributed by atoms with Gasteiger partial charge in [0.25, 0.3) is 0 Å². The van der Waals surface area contributed by atoms with Gasteiger partial charge in [-0.2, -0.15) is 0 Å². The maximum atomic E-state index is 11.4. The van der Waals surface area contributed by atoms with Crippen LogP contribution in [0.1, 0.15) is 38.5 Å². The van der Waals surface area contributed by atoms with E-state index < -0.39 is 0 Å². The third-order valence-corrected chi connectivity index (χ3v) is 3.49. The zero-order valence-corrected chi connectivity index (χ0v) is 7.75. The number of hydrogen-bond acceptors (Lipinski definition) is 1. The van der Waals surface area contributed by atoms with Crippen LogP contribution in [0, 0.1) is 5.92 Å². The monoisotopic (exact) mass is 167 g/mol. The molecular weight excluding hydrogens is 150 g/mol. The summed E-state index contributed by atoms with van der Waals surface area (Å²) >= 11 is 0. The van der Waals surface area contributed by atoms with Crippen molar-refractivity contribution in [1.29, 1.82) is 0 Å². The molecule has 0 aromatic carbocycles. The van der Waals surface area contributed by atoms with Gasteiger partial charge in [0.15, 0.2) is 0 Å². The first kappa shape index (κ1) is 8.09. The Balaban J connectivity index is 2.08. The summed E-state index contributed by atoms with van der Waals surface area (Å²) in [5.41, 5.74) is 0. The van der Waals surface area contributed by atoms with Gasteiger partial charge in [-0.1, -0.05) is 12.8 Å². The zero-order chi connectivity index (χ0) is 8.55. The molecule has 0 radical (unpaired) electrons. The molecule has 12 heavy (non-hydrogen) atoms. The molecule has 0 spiro atoms. The number of carbonyl (C=O) groups is 1. The first-order valence-corrected chi connectivity index (χ1v) is 5.04. The number of fused-ring (bicyclic) bond motifs is 1. The number of piperidine rings is 1. The second kappa shape index (κ2) is 3.08. The summed E-state index contributed by atoms with van der Waals surface area (Å²) in [6, 6.07) is 0.583. The van der Waals surface area contributed by atoms with E-state index in [-0.39, 0.29) is 0 Å². The molecular formula is C10H17NO. The highest BCUT2D eigenvalue weighted by molar-refractivity contribution is 5.77. The Morgan fingerprint density at radius 2 is 2.00 bits per heavy atom. The molecule has 2 aliphatic rings. The fraction of sp³-hybridized carbons (Fsp3) is 0.900. The van der Waals surface area contributed by atoms with Crippen molar-refractivity contribution in [3.05, 3.63) is 0 Å². The van der Waals surface area contributed by atoms with Crippen LogP contribution < -0.4 is 0 Å². The van der Waals surface area contributed by atoms with E-state index in [1.807, 2.05) is 11.9 Å². The van der Waals surface area contributed by atoms with E-state index in [4.69, 9.17) is 0 Å². The summed E-state index contributed by atoms with van der Waals surface area (Å²) in [5, 5.41) is 0. The van der Waals surface area contributed by atoms with Crippen LogP contribution in [-0.2, 0) is 4.79 Å². The molecule has 0 N–H and O–H groups in total. The van der Waals surface area contributed by atoms with Gasteiger partial charge >= 0.3 is 0 Å². The van der Waals surface area contributed by atoms with Gasteiger partial charge in [0.05, 0.1) is 0 Å². The molecule has 2 rings (SSSR count). The molecule has 0 aromatic heterocycles. The highest BCUT2D eigenvalue weighted by Crippen LogP contribution is 2.34. The molecule has 1 heterocycles. The van der Waals surface area contributed by atoms with Crippen molar-refractivity contribution in [2.75, 3.05) is 7.05 Å². The van der Waals surface area contributed by atoms with Gasteiger partial charge in [-0.25, -0.2) is 0 Å². The number of hydrogen-bond donors (Lipinski definition) is 0. The Labute approximate surface area is 73.9 Å². The Bertz CT molecular complexity index is 190. The first-order chi connectivity index (χ1) is 5.79. The van der Waals surface area contributed by atoms with E-state index in [0.717, 1.165) is 18.8 Å². The van der Waals surface area contributed by atoms with E-state index in [1.165, 1.54) is 25.7 Å². The second-order valence-electron chi connectivity index (χ2n) is 4.16. The van der Waals surface area contributed by atoms with Crippen LogP contribution in [0.25, 0.3) is 0 Å². The van der Waals surface area contributed by atoms with Crippen molar-refractivity contribution >= 4 is 5.91 Å². The number of amides is 1. The zero-order valence-electron chi connectivity index (χ0n) is 7.75. The minimum Gasteiger partial charge on any atom is -0.343 e. The maximum absolute atomic E-state index is 11.4. The fourth-order valence-corrected chi connectivity index (χ4v) is 2.70. The van der Waals surface area contributed by atoms with Crippen LogP contribution in [0.2, 0.25) is 0 Å². The molecule has 2 heteroatoms. The Morgan fingerprint density at radius 1 is 1.25 bits per heavy atom. The standard InChI is InChI=1S/C10H17NO/c1-11-9-5-3-2-4-8(9)6-7-10(11)12/h8-9H,2-7H2,1H3. The van der Waals surface area contributed by atoms with Crippen LogP contribution in [-0.4, -0.2) is 23.9 Å². The predicted molar refractivity (Wildman–Crippen MR) is 47.8 cm³/mol. The van der Waals surface area contributed by atoms with Crippen molar-refractivity contribution in [3.63, 3.8) is 0 Å². The first-order valence-electron chi connectivity index (χ1n) is 5.04. The number of likely N-dealkylation sites (tertiary alicyclic amines) is 1. The summed E-state index contributed by atoms with van der Waals surface area (Å²) < 4.78 is 0. The normalized spacial score (nSPS) is 36.4. The van der Waals surface area contributed by atoms with Gasteiger partial charge in [0, 0.05) is 19.5 Å². The highest BCUT2D eigenvalue weighted by atomic mass is 16.2. The minimum absolute atomic E-state index is 0.359. The third kappa shape index (κ3) is 1.23. The van der Waals surface area contributed by atoms with E-state index in [2.05, 4.69) is 0 Å². The van der Waals surface area contributed by atoms with Crippen molar-refractivity contribution in [2.45, 2.75) is 44.6 Å². The molecule has 1 amide bonds. The van der Waals surface area contributed by atoms with Crippen LogP contribution in [0.4, 0.5) is 0 Å². The van der Waals surface area contributed by atoms with Crippen LogP contribution in [0.3, 0.4) is 0 Å². The van der Waals surface area contributed by atoms with Gasteiger partial charge in [0.1, 0.15) is 0 Å². The maximum Gasteiger partial charge on any atom is 0.222 e. The Kier molecular flexibility index (Phi) is 2.07. The molecule has 0 bridgehead atoms. The van der Waals surface area contributed by atoms with E-state index >= 15 is 0 Å². The second-order valence-corrected chi connectivity index (χ2v) is 4.16. The van der Waals surface area contributed by atoms with Crippen LogP contribution in [0.15, 0.2) is 0 Å². The van der Waals surface area contributed by atoms with Gasteiger partial charge in [0.2, 0.25) is 5.91 Å². The fourth-order valence-electron chi connectivity index (χ4n) is 2.70. The average molecular weight is 167 g/mol. The van der Waals surface area contributed by atoms with Gasteiger partial charge in [-0.05, 0) is 25.2 Å². The lowest BCUT2D eigenvalue weighted by Crippen LogP contribution is -2.47. The lowest BCUT2D eigenvalue weighted by Gasteiger charge is -2.41. The largest absolute Gasteiger partial charge is 0.343 e. The Morgan fingerprint density at radius 3 is 2.83 bits per heavy atom. The van der Waals surface area contributed by atoms with Crippen LogP contribution >= 0.6 is 0 Å². The summed E-state index contributed by atoms with van der Waals surface area (Å²) in [7, 11) is 1.98. The van der Waals surface area contributed by atoms with E-state index in [1.54, 1.807) is 0 Å². The van der Waals surface area contributed by atoms with Crippen molar-refractivity contribution in [3.8, 4) is 0 Å². The molecule has 1 saturated carbocycles. The van der Waals surface area contributed by atoms with Crippen molar-refractivity contribution < 1.29 is 4.79 Å². The van der Waals surface area contributed by atoms with Crippen LogP contribution in [0.5, 0.6) is 0 Å². The SMILES string of the molecule is CN1C(=O)CCC2CCCCC21. The summed E-state index contributed by atoms with van der Waals surface area (Å²) in [5.74, 6) is 1.18. The molecule has 1 saturated heterocycles.